The van der Waals surface area contributed by atoms with Gasteiger partial charge in [-0.25, -0.2) is 4.79 Å². The molecular formula is C17H26BrNO4. The molecule has 2 atom stereocenters. The van der Waals surface area contributed by atoms with Crippen LogP contribution < -0.4 is 5.32 Å². The maximum atomic E-state index is 12.0. The van der Waals surface area contributed by atoms with Crippen LogP contribution in [0.2, 0.25) is 0 Å². The Labute approximate surface area is 146 Å². The molecule has 0 saturated heterocycles. The summed E-state index contributed by atoms with van der Waals surface area (Å²) in [7, 11) is 0. The van der Waals surface area contributed by atoms with E-state index in [0.717, 1.165) is 12.0 Å². The second kappa shape index (κ2) is 9.11. The molecule has 1 unspecified atom stereocenters. The number of ether oxygens (including phenoxy) is 2. The number of nitrogens with one attached hydrogen (secondary N) is 1. The van der Waals surface area contributed by atoms with E-state index < -0.39 is 11.7 Å². The summed E-state index contributed by atoms with van der Waals surface area (Å²) in [5, 5.41) is 2.77. The standard InChI is InChI=1S/C17H26BrNO4/c1-5-22-15(20)11-14(19-16(21)23-17(2,3)4)10-12-6-8-13(18)9-7-12/h6-8,13-14H,5,9-11H2,1-4H3,(H,19,21)/t13?,14-/m1/s1. The number of carbonyl (C=O) groups excluding carboxylic acids is 2. The summed E-state index contributed by atoms with van der Waals surface area (Å²) in [4.78, 5) is 24.1. The molecule has 0 radical (unpaired) electrons. The molecule has 0 spiro atoms. The van der Waals surface area contributed by atoms with Crippen molar-refractivity contribution in [2.24, 2.45) is 0 Å². The van der Waals surface area contributed by atoms with E-state index in [4.69, 9.17) is 9.47 Å². The van der Waals surface area contributed by atoms with Crippen LogP contribution in [-0.2, 0) is 14.3 Å². The van der Waals surface area contributed by atoms with Gasteiger partial charge in [0.15, 0.2) is 0 Å². The average molecular weight is 388 g/mol. The van der Waals surface area contributed by atoms with Gasteiger partial charge in [0.2, 0.25) is 0 Å². The Kier molecular flexibility index (Phi) is 7.82. The Balaban J connectivity index is 2.67. The summed E-state index contributed by atoms with van der Waals surface area (Å²) in [5.74, 6) is -0.327. The first kappa shape index (κ1) is 19.7. The number of hydrogen-bond donors (Lipinski definition) is 1. The summed E-state index contributed by atoms with van der Waals surface area (Å²) in [6.07, 6.45) is 7.23. The van der Waals surface area contributed by atoms with Crippen molar-refractivity contribution >= 4 is 28.0 Å². The third kappa shape index (κ3) is 8.79. The van der Waals surface area contributed by atoms with Crippen LogP contribution in [0.15, 0.2) is 23.8 Å². The lowest BCUT2D eigenvalue weighted by Crippen LogP contribution is -2.40. The quantitative estimate of drug-likeness (QED) is 0.554. The summed E-state index contributed by atoms with van der Waals surface area (Å²) >= 11 is 3.52. The zero-order chi connectivity index (χ0) is 17.5. The van der Waals surface area contributed by atoms with Crippen molar-refractivity contribution < 1.29 is 19.1 Å². The zero-order valence-corrected chi connectivity index (χ0v) is 15.8. The molecule has 0 aromatic rings. The molecule has 5 nitrogen and oxygen atoms in total. The number of allylic oxidation sites excluding steroid dienone is 3. The number of rotatable bonds is 6. The normalized spacial score (nSPS) is 18.8. The Morgan fingerprint density at radius 2 is 2.13 bits per heavy atom. The van der Waals surface area contributed by atoms with E-state index in [-0.39, 0.29) is 18.4 Å². The van der Waals surface area contributed by atoms with Crippen LogP contribution in [0.4, 0.5) is 4.79 Å². The number of hydrogen-bond acceptors (Lipinski definition) is 4. The smallest absolute Gasteiger partial charge is 0.407 e. The fourth-order valence-electron chi connectivity index (χ4n) is 2.14. The van der Waals surface area contributed by atoms with Crippen molar-refractivity contribution in [1.29, 1.82) is 0 Å². The predicted molar refractivity (Wildman–Crippen MR) is 93.6 cm³/mol. The highest BCUT2D eigenvalue weighted by Crippen LogP contribution is 2.21. The SMILES string of the molecule is CCOC(=O)C[C@@H](CC1=CCC(Br)C=C1)NC(=O)OC(C)(C)C. The van der Waals surface area contributed by atoms with Gasteiger partial charge >= 0.3 is 12.1 Å². The summed E-state index contributed by atoms with van der Waals surface area (Å²) in [6.45, 7) is 7.49. The molecule has 1 aliphatic carbocycles. The van der Waals surface area contributed by atoms with Gasteiger partial charge in [0.05, 0.1) is 13.0 Å². The van der Waals surface area contributed by atoms with E-state index in [0.29, 0.717) is 17.9 Å². The first-order valence-corrected chi connectivity index (χ1v) is 8.77. The first-order chi connectivity index (χ1) is 10.7. The molecule has 0 saturated carbocycles. The number of halogens is 1. The second-order valence-corrected chi connectivity index (χ2v) is 7.62. The Morgan fingerprint density at radius 3 is 2.65 bits per heavy atom. The van der Waals surface area contributed by atoms with Crippen LogP contribution in [0, 0.1) is 0 Å². The summed E-state index contributed by atoms with van der Waals surface area (Å²) in [5.41, 5.74) is 0.511. The maximum Gasteiger partial charge on any atom is 0.407 e. The van der Waals surface area contributed by atoms with Crippen molar-refractivity contribution in [3.63, 3.8) is 0 Å². The van der Waals surface area contributed by atoms with Gasteiger partial charge in [0.1, 0.15) is 5.60 Å². The molecule has 1 aliphatic rings. The average Bonchev–Trinajstić information content (AvgIpc) is 2.39. The van der Waals surface area contributed by atoms with Gasteiger partial charge < -0.3 is 14.8 Å². The molecule has 0 aliphatic heterocycles. The topological polar surface area (TPSA) is 64.6 Å². The lowest BCUT2D eigenvalue weighted by Gasteiger charge is -2.24. The fraction of sp³-hybridized carbons (Fsp3) is 0.647. The minimum atomic E-state index is -0.578. The first-order valence-electron chi connectivity index (χ1n) is 7.86. The monoisotopic (exact) mass is 387 g/mol. The molecule has 130 valence electrons. The predicted octanol–water partition coefficient (Wildman–Crippen LogP) is 3.87. The largest absolute Gasteiger partial charge is 0.466 e. The van der Waals surface area contributed by atoms with Crippen molar-refractivity contribution in [2.75, 3.05) is 6.61 Å². The molecule has 0 heterocycles. The molecule has 1 N–H and O–H groups in total. The van der Waals surface area contributed by atoms with Crippen LogP contribution in [0.5, 0.6) is 0 Å². The molecule has 23 heavy (non-hydrogen) atoms. The minimum absolute atomic E-state index is 0.121. The molecule has 6 heteroatoms. The van der Waals surface area contributed by atoms with Crippen molar-refractivity contribution in [2.45, 2.75) is 63.4 Å². The van der Waals surface area contributed by atoms with Crippen LogP contribution in [0.1, 0.15) is 47.0 Å². The van der Waals surface area contributed by atoms with E-state index in [2.05, 4.69) is 33.4 Å². The van der Waals surface area contributed by atoms with Gasteiger partial charge in [-0.3, -0.25) is 4.79 Å². The summed E-state index contributed by atoms with van der Waals surface area (Å²) < 4.78 is 10.3. The lowest BCUT2D eigenvalue weighted by atomic mass is 9.98. The summed E-state index contributed by atoms with van der Waals surface area (Å²) in [6, 6.07) is -0.355. The molecular weight excluding hydrogens is 362 g/mol. The number of alkyl carbamates (subject to hydrolysis) is 1. The van der Waals surface area contributed by atoms with Gasteiger partial charge in [0.25, 0.3) is 0 Å². The second-order valence-electron chi connectivity index (χ2n) is 6.45. The number of carbonyl (C=O) groups is 2. The molecule has 1 rings (SSSR count). The molecule has 0 bridgehead atoms. The fourth-order valence-corrected chi connectivity index (χ4v) is 2.48. The maximum absolute atomic E-state index is 12.0. The van der Waals surface area contributed by atoms with E-state index in [1.807, 2.05) is 6.08 Å². The van der Waals surface area contributed by atoms with Gasteiger partial charge in [-0.15, -0.1) is 0 Å². The van der Waals surface area contributed by atoms with Crippen molar-refractivity contribution in [3.8, 4) is 0 Å². The van der Waals surface area contributed by atoms with E-state index in [1.54, 1.807) is 27.7 Å². The molecule has 0 fully saturated rings. The Bertz CT molecular complexity index is 479. The highest BCUT2D eigenvalue weighted by Gasteiger charge is 2.23. The highest BCUT2D eigenvalue weighted by atomic mass is 79.9. The van der Waals surface area contributed by atoms with E-state index in [1.165, 1.54) is 0 Å². The number of amides is 1. The zero-order valence-electron chi connectivity index (χ0n) is 14.2. The van der Waals surface area contributed by atoms with Gasteiger partial charge in [-0.2, -0.15) is 0 Å². The van der Waals surface area contributed by atoms with Crippen molar-refractivity contribution in [1.82, 2.24) is 5.32 Å². The lowest BCUT2D eigenvalue weighted by molar-refractivity contribution is -0.143. The Morgan fingerprint density at radius 1 is 1.43 bits per heavy atom. The van der Waals surface area contributed by atoms with Gasteiger partial charge in [-0.05, 0) is 40.5 Å². The Hall–Kier alpha value is -1.30. The van der Waals surface area contributed by atoms with E-state index in [9.17, 15) is 9.59 Å². The minimum Gasteiger partial charge on any atom is -0.466 e. The molecule has 1 amide bonds. The van der Waals surface area contributed by atoms with Crippen LogP contribution in [0.25, 0.3) is 0 Å². The number of esters is 1. The van der Waals surface area contributed by atoms with Crippen LogP contribution >= 0.6 is 15.9 Å². The van der Waals surface area contributed by atoms with Crippen molar-refractivity contribution in [3.05, 3.63) is 23.8 Å². The van der Waals surface area contributed by atoms with E-state index >= 15 is 0 Å². The molecule has 0 aromatic carbocycles. The number of alkyl halides is 1. The van der Waals surface area contributed by atoms with Gasteiger partial charge in [-0.1, -0.05) is 39.7 Å². The molecule has 0 aromatic heterocycles. The highest BCUT2D eigenvalue weighted by molar-refractivity contribution is 9.09. The third-order valence-electron chi connectivity index (χ3n) is 3.05. The van der Waals surface area contributed by atoms with Crippen LogP contribution in [0.3, 0.4) is 0 Å². The van der Waals surface area contributed by atoms with Gasteiger partial charge in [0, 0.05) is 10.9 Å². The third-order valence-corrected chi connectivity index (χ3v) is 3.72. The van der Waals surface area contributed by atoms with Crippen LogP contribution in [-0.4, -0.2) is 35.1 Å².